The average molecular weight is 695 g/mol. The first-order chi connectivity index (χ1) is 22.5. The normalized spacial score (nSPS) is 20.8. The van der Waals surface area contributed by atoms with Gasteiger partial charge in [-0.15, -0.1) is 0 Å². The molecule has 15 nitrogen and oxygen atoms in total. The second kappa shape index (κ2) is 15.7. The van der Waals surface area contributed by atoms with Crippen molar-refractivity contribution in [3.8, 4) is 5.75 Å². The molecule has 3 N–H and O–H groups in total. The van der Waals surface area contributed by atoms with Crippen LogP contribution >= 0.6 is 0 Å². The Kier molecular flexibility index (Phi) is 12.6. The maximum atomic E-state index is 13.4. The highest BCUT2D eigenvalue weighted by molar-refractivity contribution is 5.71. The number of benzene rings is 1. The number of β-amino-alcohol motifs (C(OH)–C–C–N with tert-alkyl or cyclic N) is 1. The minimum absolute atomic E-state index is 0.0261. The van der Waals surface area contributed by atoms with Gasteiger partial charge in [-0.3, -0.25) is 9.80 Å². The number of ether oxygens (including phenoxy) is 6. The molecule has 2 aliphatic rings. The standard InChI is InChI=1S/C34H54N4O11/c1-31(2,3)47-28(40)36-19-34(43)20-37(21-34)16-15-35-27(39)46-26-24(17-22-11-13-23(44-10)14-12-22)38(29(41)48-32(4,5)6)18-25(26)45-30(42)49-33(7,8)9/h11-14,24-26,43H,15-21H2,1-10H3,(H,35,39)(H,36,40)/t24-,25+,26+/m1/s1. The van der Waals surface area contributed by atoms with Crippen LogP contribution in [0.4, 0.5) is 19.2 Å². The Morgan fingerprint density at radius 2 is 1.43 bits per heavy atom. The molecule has 3 atom stereocenters. The minimum Gasteiger partial charge on any atom is -0.497 e. The largest absolute Gasteiger partial charge is 0.509 e. The van der Waals surface area contributed by atoms with Crippen molar-refractivity contribution in [1.82, 2.24) is 20.4 Å². The number of rotatable bonds is 10. The molecule has 0 aromatic heterocycles. The third-order valence-corrected chi connectivity index (χ3v) is 7.33. The second-order valence-electron chi connectivity index (χ2n) is 15.5. The highest BCUT2D eigenvalue weighted by atomic mass is 16.7. The molecule has 2 heterocycles. The summed E-state index contributed by atoms with van der Waals surface area (Å²) in [5.41, 5.74) is -2.60. The van der Waals surface area contributed by atoms with Gasteiger partial charge in [-0.1, -0.05) is 12.1 Å². The lowest BCUT2D eigenvalue weighted by atomic mass is 9.94. The van der Waals surface area contributed by atoms with Crippen LogP contribution in [0.15, 0.2) is 24.3 Å². The number of likely N-dealkylation sites (tertiary alicyclic amines) is 2. The second-order valence-corrected chi connectivity index (χ2v) is 15.5. The van der Waals surface area contributed by atoms with E-state index in [1.807, 2.05) is 17.0 Å². The van der Waals surface area contributed by atoms with Gasteiger partial charge in [0.15, 0.2) is 12.2 Å². The average Bonchev–Trinajstić information content (AvgIpc) is 3.24. The number of carbonyl (C=O) groups excluding carboxylic acids is 4. The van der Waals surface area contributed by atoms with E-state index in [2.05, 4.69) is 10.6 Å². The van der Waals surface area contributed by atoms with Crippen molar-refractivity contribution < 1.29 is 52.7 Å². The van der Waals surface area contributed by atoms with Gasteiger partial charge in [0.1, 0.15) is 28.2 Å². The topological polar surface area (TPSA) is 174 Å². The maximum Gasteiger partial charge on any atom is 0.509 e. The summed E-state index contributed by atoms with van der Waals surface area (Å²) in [7, 11) is 1.56. The maximum absolute atomic E-state index is 13.4. The van der Waals surface area contributed by atoms with E-state index in [-0.39, 0.29) is 39.1 Å². The molecule has 3 rings (SSSR count). The third-order valence-electron chi connectivity index (χ3n) is 7.33. The Balaban J connectivity index is 1.68. The fourth-order valence-corrected chi connectivity index (χ4v) is 5.36. The molecular weight excluding hydrogens is 640 g/mol. The van der Waals surface area contributed by atoms with Gasteiger partial charge in [0.25, 0.3) is 0 Å². The van der Waals surface area contributed by atoms with Gasteiger partial charge in [0.2, 0.25) is 0 Å². The number of alkyl carbamates (subject to hydrolysis) is 2. The van der Waals surface area contributed by atoms with Gasteiger partial charge < -0.3 is 44.2 Å². The van der Waals surface area contributed by atoms with Crippen LogP contribution in [0.5, 0.6) is 5.75 Å². The van der Waals surface area contributed by atoms with Gasteiger partial charge >= 0.3 is 24.4 Å². The predicted octanol–water partition coefficient (Wildman–Crippen LogP) is 3.84. The molecule has 2 aliphatic heterocycles. The number of methoxy groups -OCH3 is 1. The van der Waals surface area contributed by atoms with Crippen molar-refractivity contribution in [3.05, 3.63) is 29.8 Å². The van der Waals surface area contributed by atoms with E-state index >= 15 is 0 Å². The molecule has 0 unspecified atom stereocenters. The molecule has 3 amide bonds. The van der Waals surface area contributed by atoms with Crippen molar-refractivity contribution in [3.63, 3.8) is 0 Å². The summed E-state index contributed by atoms with van der Waals surface area (Å²) in [4.78, 5) is 54.6. The summed E-state index contributed by atoms with van der Waals surface area (Å²) in [6.07, 6.45) is -4.89. The fraction of sp³-hybridized carbons (Fsp3) is 0.706. The van der Waals surface area contributed by atoms with Gasteiger partial charge in [-0.2, -0.15) is 0 Å². The van der Waals surface area contributed by atoms with E-state index in [1.54, 1.807) is 81.6 Å². The Hall–Kier alpha value is -3.98. The van der Waals surface area contributed by atoms with E-state index < -0.39 is 65.1 Å². The van der Waals surface area contributed by atoms with E-state index in [4.69, 9.17) is 28.4 Å². The Bertz CT molecular complexity index is 1290. The van der Waals surface area contributed by atoms with Crippen molar-refractivity contribution in [2.24, 2.45) is 0 Å². The molecule has 2 fully saturated rings. The van der Waals surface area contributed by atoms with E-state index in [0.29, 0.717) is 12.3 Å². The molecule has 0 aliphatic carbocycles. The lowest BCUT2D eigenvalue weighted by Crippen LogP contribution is -2.67. The lowest BCUT2D eigenvalue weighted by molar-refractivity contribution is -0.0942. The van der Waals surface area contributed by atoms with Crippen LogP contribution in [0.1, 0.15) is 67.9 Å². The highest BCUT2D eigenvalue weighted by Crippen LogP contribution is 2.30. The number of nitrogens with one attached hydrogen (secondary N) is 2. The molecule has 0 saturated carbocycles. The lowest BCUT2D eigenvalue weighted by Gasteiger charge is -2.46. The summed E-state index contributed by atoms with van der Waals surface area (Å²) in [5, 5.41) is 16.0. The Labute approximate surface area is 288 Å². The molecule has 15 heteroatoms. The van der Waals surface area contributed by atoms with Crippen LogP contribution in [0.2, 0.25) is 0 Å². The minimum atomic E-state index is -1.12. The van der Waals surface area contributed by atoms with Gasteiger partial charge in [-0.25, -0.2) is 19.2 Å². The molecule has 1 aromatic rings. The number of aliphatic hydroxyl groups is 1. The van der Waals surface area contributed by atoms with Crippen molar-refractivity contribution >= 4 is 24.4 Å². The monoisotopic (exact) mass is 694 g/mol. The van der Waals surface area contributed by atoms with Crippen LogP contribution in [0.3, 0.4) is 0 Å². The Morgan fingerprint density at radius 1 is 0.837 bits per heavy atom. The van der Waals surface area contributed by atoms with Gasteiger partial charge in [0.05, 0.1) is 26.2 Å². The number of hydrogen-bond acceptors (Lipinski definition) is 12. The Morgan fingerprint density at radius 3 is 1.98 bits per heavy atom. The molecule has 0 bridgehead atoms. The first-order valence-electron chi connectivity index (χ1n) is 16.4. The van der Waals surface area contributed by atoms with Crippen LogP contribution in [0, 0.1) is 0 Å². The number of amides is 3. The van der Waals surface area contributed by atoms with E-state index in [0.717, 1.165) is 5.56 Å². The first kappa shape index (κ1) is 39.5. The SMILES string of the molecule is COc1ccc(C[C@@H]2[C@H](OC(=O)NCCN3CC(O)(CNC(=O)OC(C)(C)C)C3)[C@@H](OC(=O)OC(C)(C)C)CN2C(=O)OC(C)(C)C)cc1. The van der Waals surface area contributed by atoms with Crippen LogP contribution < -0.4 is 15.4 Å². The summed E-state index contributed by atoms with van der Waals surface area (Å²) in [5.74, 6) is 0.650. The zero-order chi connectivity index (χ0) is 36.8. The molecular formula is C34H54N4O11. The molecule has 0 spiro atoms. The molecule has 2 saturated heterocycles. The number of nitrogens with zero attached hydrogens (tertiary/aromatic N) is 2. The summed E-state index contributed by atoms with van der Waals surface area (Å²) in [6.45, 7) is 16.6. The number of hydrogen-bond donors (Lipinski definition) is 3. The summed E-state index contributed by atoms with van der Waals surface area (Å²) >= 11 is 0. The zero-order valence-electron chi connectivity index (χ0n) is 30.4. The zero-order valence-corrected chi connectivity index (χ0v) is 30.4. The van der Waals surface area contributed by atoms with Gasteiger partial charge in [-0.05, 0) is 86.4 Å². The molecule has 276 valence electrons. The van der Waals surface area contributed by atoms with Gasteiger partial charge in [0, 0.05) is 26.2 Å². The molecule has 1 aromatic carbocycles. The van der Waals surface area contributed by atoms with Crippen molar-refractivity contribution in [1.29, 1.82) is 0 Å². The highest BCUT2D eigenvalue weighted by Gasteiger charge is 2.50. The van der Waals surface area contributed by atoms with Crippen LogP contribution in [0.25, 0.3) is 0 Å². The van der Waals surface area contributed by atoms with Crippen molar-refractivity contribution in [2.45, 2.75) is 109 Å². The molecule has 49 heavy (non-hydrogen) atoms. The fourth-order valence-electron chi connectivity index (χ4n) is 5.36. The molecule has 0 radical (unpaired) electrons. The van der Waals surface area contributed by atoms with Crippen LogP contribution in [-0.2, 0) is 30.1 Å². The van der Waals surface area contributed by atoms with E-state index in [9.17, 15) is 24.3 Å². The van der Waals surface area contributed by atoms with Crippen molar-refractivity contribution in [2.75, 3.05) is 46.4 Å². The first-order valence-corrected chi connectivity index (χ1v) is 16.4. The summed E-state index contributed by atoms with van der Waals surface area (Å²) in [6, 6.07) is 6.47. The quantitative estimate of drug-likeness (QED) is 0.239. The smallest absolute Gasteiger partial charge is 0.497 e. The third kappa shape index (κ3) is 13.1. The predicted molar refractivity (Wildman–Crippen MR) is 178 cm³/mol. The van der Waals surface area contributed by atoms with E-state index in [1.165, 1.54) is 4.90 Å². The summed E-state index contributed by atoms with van der Waals surface area (Å²) < 4.78 is 33.1. The van der Waals surface area contributed by atoms with Crippen LogP contribution in [-0.4, -0.2) is 126 Å². The number of carbonyl (C=O) groups is 4.